The van der Waals surface area contributed by atoms with Crippen molar-refractivity contribution in [3.05, 3.63) is 65.4 Å². The number of amides is 1. The van der Waals surface area contributed by atoms with E-state index >= 15 is 0 Å². The predicted molar refractivity (Wildman–Crippen MR) is 84.4 cm³/mol. The molecule has 112 valence electrons. The summed E-state index contributed by atoms with van der Waals surface area (Å²) in [7, 11) is 1.30. The van der Waals surface area contributed by atoms with E-state index in [1.54, 1.807) is 12.1 Å². The van der Waals surface area contributed by atoms with Crippen molar-refractivity contribution < 1.29 is 14.3 Å². The standard InChI is InChI=1S/C17H16N2O3/c1-12-3-5-13(6-4-12)7-10-16(20)19-15-9-8-14(11-18-15)17(21)22-2/h3-11H,1-2H3,(H,18,19,20)/b10-7+. The molecule has 0 aliphatic carbocycles. The molecule has 1 amide bonds. The van der Waals surface area contributed by atoms with Crippen molar-refractivity contribution in [3.63, 3.8) is 0 Å². The smallest absolute Gasteiger partial charge is 0.339 e. The van der Waals surface area contributed by atoms with Gasteiger partial charge < -0.3 is 10.1 Å². The van der Waals surface area contributed by atoms with Crippen LogP contribution in [-0.4, -0.2) is 24.0 Å². The van der Waals surface area contributed by atoms with Gasteiger partial charge in [0.1, 0.15) is 5.82 Å². The third-order valence-electron chi connectivity index (χ3n) is 2.94. The van der Waals surface area contributed by atoms with Gasteiger partial charge in [0.25, 0.3) is 0 Å². The Morgan fingerprint density at radius 3 is 2.45 bits per heavy atom. The topological polar surface area (TPSA) is 68.3 Å². The van der Waals surface area contributed by atoms with Crippen LogP contribution in [0.25, 0.3) is 6.08 Å². The molecular weight excluding hydrogens is 280 g/mol. The Bertz CT molecular complexity index is 689. The molecule has 22 heavy (non-hydrogen) atoms. The lowest BCUT2D eigenvalue weighted by Gasteiger charge is -2.02. The Kier molecular flexibility index (Phi) is 5.03. The largest absolute Gasteiger partial charge is 0.465 e. The lowest BCUT2D eigenvalue weighted by atomic mass is 10.1. The Hall–Kier alpha value is -2.95. The summed E-state index contributed by atoms with van der Waals surface area (Å²) in [5.74, 6) is -0.394. The second kappa shape index (κ2) is 7.17. The number of benzene rings is 1. The fourth-order valence-corrected chi connectivity index (χ4v) is 1.72. The first-order valence-corrected chi connectivity index (χ1v) is 6.68. The van der Waals surface area contributed by atoms with E-state index in [0.717, 1.165) is 11.1 Å². The number of nitrogens with one attached hydrogen (secondary N) is 1. The summed E-state index contributed by atoms with van der Waals surface area (Å²) in [6.45, 7) is 2.00. The first kappa shape index (κ1) is 15.4. The Balaban J connectivity index is 1.97. The maximum Gasteiger partial charge on any atom is 0.339 e. The highest BCUT2D eigenvalue weighted by atomic mass is 16.5. The van der Waals surface area contributed by atoms with Gasteiger partial charge >= 0.3 is 5.97 Å². The molecular formula is C17H16N2O3. The molecule has 0 aliphatic heterocycles. The number of ether oxygens (including phenoxy) is 1. The molecule has 0 saturated heterocycles. The third kappa shape index (κ3) is 4.28. The molecule has 1 aromatic carbocycles. The summed E-state index contributed by atoms with van der Waals surface area (Å²) in [6, 6.07) is 10.9. The molecule has 0 fully saturated rings. The van der Waals surface area contributed by atoms with Gasteiger partial charge in [0, 0.05) is 12.3 Å². The van der Waals surface area contributed by atoms with Crippen LogP contribution < -0.4 is 5.32 Å². The number of anilines is 1. The van der Waals surface area contributed by atoms with Crippen LogP contribution in [0.3, 0.4) is 0 Å². The summed E-state index contributed by atoms with van der Waals surface area (Å²) < 4.78 is 4.58. The van der Waals surface area contributed by atoms with E-state index < -0.39 is 5.97 Å². The summed E-state index contributed by atoms with van der Waals surface area (Å²) in [5.41, 5.74) is 2.43. The summed E-state index contributed by atoms with van der Waals surface area (Å²) in [4.78, 5) is 27.1. The summed E-state index contributed by atoms with van der Waals surface area (Å²) in [5, 5.41) is 2.62. The van der Waals surface area contributed by atoms with E-state index in [1.807, 2.05) is 31.2 Å². The first-order valence-electron chi connectivity index (χ1n) is 6.68. The number of carbonyl (C=O) groups is 2. The van der Waals surface area contributed by atoms with Crippen LogP contribution in [0.5, 0.6) is 0 Å². The molecule has 0 aliphatic rings. The average Bonchev–Trinajstić information content (AvgIpc) is 2.54. The molecule has 1 aromatic heterocycles. The van der Waals surface area contributed by atoms with Crippen LogP contribution in [0.4, 0.5) is 5.82 Å². The van der Waals surface area contributed by atoms with E-state index in [4.69, 9.17) is 0 Å². The van der Waals surface area contributed by atoms with Gasteiger partial charge in [-0.05, 0) is 30.7 Å². The number of aryl methyl sites for hydroxylation is 1. The number of aromatic nitrogens is 1. The molecule has 1 heterocycles. The van der Waals surface area contributed by atoms with Crippen molar-refractivity contribution >= 4 is 23.8 Å². The normalized spacial score (nSPS) is 10.5. The molecule has 2 rings (SSSR count). The quantitative estimate of drug-likeness (QED) is 0.696. The number of rotatable bonds is 4. The maximum absolute atomic E-state index is 11.8. The van der Waals surface area contributed by atoms with Crippen molar-refractivity contribution in [1.29, 1.82) is 0 Å². The molecule has 0 radical (unpaired) electrons. The van der Waals surface area contributed by atoms with Crippen molar-refractivity contribution in [2.24, 2.45) is 0 Å². The first-order chi connectivity index (χ1) is 10.6. The highest BCUT2D eigenvalue weighted by Gasteiger charge is 2.06. The van der Waals surface area contributed by atoms with Crippen molar-refractivity contribution in [1.82, 2.24) is 4.98 Å². The Labute approximate surface area is 128 Å². The number of nitrogens with zero attached hydrogens (tertiary/aromatic N) is 1. The Morgan fingerprint density at radius 2 is 1.86 bits per heavy atom. The monoisotopic (exact) mass is 296 g/mol. The number of hydrogen-bond donors (Lipinski definition) is 1. The van der Waals surface area contributed by atoms with Crippen molar-refractivity contribution in [2.45, 2.75) is 6.92 Å². The molecule has 0 atom stereocenters. The van der Waals surface area contributed by atoms with E-state index in [0.29, 0.717) is 11.4 Å². The van der Waals surface area contributed by atoms with Gasteiger partial charge in [0.05, 0.1) is 12.7 Å². The van der Waals surface area contributed by atoms with E-state index in [9.17, 15) is 9.59 Å². The minimum absolute atomic E-state index is 0.293. The molecule has 0 spiro atoms. The molecule has 0 saturated carbocycles. The number of methoxy groups -OCH3 is 1. The SMILES string of the molecule is COC(=O)c1ccc(NC(=O)/C=C/c2ccc(C)cc2)nc1. The summed E-state index contributed by atoms with van der Waals surface area (Å²) >= 11 is 0. The Morgan fingerprint density at radius 1 is 1.14 bits per heavy atom. The fourth-order valence-electron chi connectivity index (χ4n) is 1.72. The van der Waals surface area contributed by atoms with Gasteiger partial charge in [-0.15, -0.1) is 0 Å². The van der Waals surface area contributed by atoms with Gasteiger partial charge in [-0.3, -0.25) is 4.79 Å². The lowest BCUT2D eigenvalue weighted by molar-refractivity contribution is -0.111. The minimum Gasteiger partial charge on any atom is -0.465 e. The summed E-state index contributed by atoms with van der Waals surface area (Å²) in [6.07, 6.45) is 4.50. The van der Waals surface area contributed by atoms with Crippen LogP contribution in [0, 0.1) is 6.92 Å². The van der Waals surface area contributed by atoms with E-state index in [-0.39, 0.29) is 5.91 Å². The third-order valence-corrected chi connectivity index (χ3v) is 2.94. The maximum atomic E-state index is 11.8. The van der Waals surface area contributed by atoms with Crippen LogP contribution in [-0.2, 0) is 9.53 Å². The zero-order valence-corrected chi connectivity index (χ0v) is 12.4. The fraction of sp³-hybridized carbons (Fsp3) is 0.118. The molecule has 0 unspecified atom stereocenters. The molecule has 1 N–H and O–H groups in total. The number of pyridine rings is 1. The van der Waals surface area contributed by atoms with Crippen LogP contribution in [0.2, 0.25) is 0 Å². The predicted octanol–water partition coefficient (Wildman–Crippen LogP) is 2.83. The number of hydrogen-bond acceptors (Lipinski definition) is 4. The zero-order valence-electron chi connectivity index (χ0n) is 12.4. The molecule has 5 nitrogen and oxygen atoms in total. The van der Waals surface area contributed by atoms with Gasteiger partial charge in [-0.25, -0.2) is 9.78 Å². The van der Waals surface area contributed by atoms with Gasteiger partial charge in [-0.1, -0.05) is 29.8 Å². The number of carbonyl (C=O) groups excluding carboxylic acids is 2. The van der Waals surface area contributed by atoms with Crippen LogP contribution in [0.15, 0.2) is 48.7 Å². The van der Waals surface area contributed by atoms with Crippen LogP contribution in [0.1, 0.15) is 21.5 Å². The van der Waals surface area contributed by atoms with Gasteiger partial charge in [-0.2, -0.15) is 0 Å². The second-order valence-corrected chi connectivity index (χ2v) is 4.66. The molecule has 2 aromatic rings. The van der Waals surface area contributed by atoms with Crippen molar-refractivity contribution in [2.75, 3.05) is 12.4 Å². The highest BCUT2D eigenvalue weighted by Crippen LogP contribution is 2.08. The highest BCUT2D eigenvalue weighted by molar-refractivity contribution is 6.01. The van der Waals surface area contributed by atoms with E-state index in [1.165, 1.54) is 25.4 Å². The van der Waals surface area contributed by atoms with Crippen molar-refractivity contribution in [3.8, 4) is 0 Å². The molecule has 0 bridgehead atoms. The van der Waals surface area contributed by atoms with Gasteiger partial charge in [0.2, 0.25) is 5.91 Å². The van der Waals surface area contributed by atoms with Gasteiger partial charge in [0.15, 0.2) is 0 Å². The zero-order chi connectivity index (χ0) is 15.9. The molecule has 5 heteroatoms. The average molecular weight is 296 g/mol. The minimum atomic E-state index is -0.468. The number of esters is 1. The lowest BCUT2D eigenvalue weighted by Crippen LogP contribution is -2.10. The second-order valence-electron chi connectivity index (χ2n) is 4.66. The van der Waals surface area contributed by atoms with Crippen LogP contribution >= 0.6 is 0 Å². The van der Waals surface area contributed by atoms with E-state index in [2.05, 4.69) is 15.0 Å².